The van der Waals surface area contributed by atoms with Crippen LogP contribution >= 0.6 is 0 Å². The summed E-state index contributed by atoms with van der Waals surface area (Å²) in [6, 6.07) is 12.3. The van der Waals surface area contributed by atoms with Crippen molar-refractivity contribution < 1.29 is 29.2 Å². The highest BCUT2D eigenvalue weighted by Gasteiger charge is 2.47. The van der Waals surface area contributed by atoms with Crippen LogP contribution < -0.4 is 25.4 Å². The van der Waals surface area contributed by atoms with Crippen LogP contribution in [-0.2, 0) is 22.4 Å². The van der Waals surface area contributed by atoms with Gasteiger partial charge in [0.2, 0.25) is 5.96 Å². The van der Waals surface area contributed by atoms with Gasteiger partial charge >= 0.3 is 0 Å². The van der Waals surface area contributed by atoms with Gasteiger partial charge in [-0.3, -0.25) is 15.1 Å². The van der Waals surface area contributed by atoms with Crippen LogP contribution in [0, 0.1) is 41.1 Å². The summed E-state index contributed by atoms with van der Waals surface area (Å²) in [5.74, 6) is 5.51. The molecule has 5 rings (SSSR count). The summed E-state index contributed by atoms with van der Waals surface area (Å²) in [5.41, 5.74) is 1.28. The van der Waals surface area contributed by atoms with E-state index in [4.69, 9.17) is 14.2 Å². The summed E-state index contributed by atoms with van der Waals surface area (Å²) in [6.07, 6.45) is 11.9. The van der Waals surface area contributed by atoms with Crippen molar-refractivity contribution in [1.29, 1.82) is 0 Å². The van der Waals surface area contributed by atoms with Crippen LogP contribution in [0.5, 0.6) is 23.0 Å². The average molecular weight is 715 g/mol. The van der Waals surface area contributed by atoms with Crippen molar-refractivity contribution >= 4 is 17.4 Å². The van der Waals surface area contributed by atoms with Crippen molar-refractivity contribution in [2.24, 2.45) is 34.1 Å². The van der Waals surface area contributed by atoms with Crippen LogP contribution in [0.25, 0.3) is 0 Å². The Morgan fingerprint density at radius 1 is 1.12 bits per heavy atom. The minimum Gasteiger partial charge on any atom is -0.504 e. The number of anilines is 1. The van der Waals surface area contributed by atoms with Gasteiger partial charge in [0.1, 0.15) is 5.60 Å². The molecule has 282 valence electrons. The zero-order valence-corrected chi connectivity index (χ0v) is 31.8. The van der Waals surface area contributed by atoms with E-state index in [0.717, 1.165) is 56.1 Å². The maximum absolute atomic E-state index is 14.5. The highest BCUT2D eigenvalue weighted by atomic mass is 16.5. The number of aliphatic imine (C=N–C) groups is 1. The summed E-state index contributed by atoms with van der Waals surface area (Å²) in [4.78, 5) is 18.9. The van der Waals surface area contributed by atoms with Crippen molar-refractivity contribution in [3.63, 3.8) is 0 Å². The number of allylic oxidation sites excluding steroid dienone is 2. The Kier molecular flexibility index (Phi) is 13.2. The first-order valence-electron chi connectivity index (χ1n) is 18.8. The average Bonchev–Trinajstić information content (AvgIpc) is 3.73. The number of carbonyl (C=O) groups excluding carboxylic acids is 1. The Morgan fingerprint density at radius 3 is 2.67 bits per heavy atom. The smallest absolute Gasteiger partial charge is 0.207 e. The van der Waals surface area contributed by atoms with Gasteiger partial charge in [0.25, 0.3) is 0 Å². The lowest BCUT2D eigenvalue weighted by Gasteiger charge is -2.33. The van der Waals surface area contributed by atoms with Crippen LogP contribution in [0.3, 0.4) is 0 Å². The van der Waals surface area contributed by atoms with E-state index in [1.54, 1.807) is 20.2 Å². The number of likely N-dealkylation sites (N-methyl/N-ethyl adjacent to an activating group) is 1. The van der Waals surface area contributed by atoms with Gasteiger partial charge in [-0.25, -0.2) is 0 Å². The Morgan fingerprint density at radius 2 is 1.94 bits per heavy atom. The molecule has 1 aliphatic heterocycles. The SMILES string of the molecule is CN=C1NC#CC[C@H]2CCC[C@@]2(Cc2ccc(O)c(OC)c2)C(=O)/C=C/[C@H](C(C)C)Cc2cc(c(O)c(O[C@]3(CNC)CC[C@H](CCOC)C3)c2)N1. The van der Waals surface area contributed by atoms with Crippen LogP contribution in [0.15, 0.2) is 47.5 Å². The molecule has 0 aromatic heterocycles. The molecular formula is C42H58N4O6. The van der Waals surface area contributed by atoms with Gasteiger partial charge in [-0.15, -0.1) is 0 Å². The number of carbonyl (C=O) groups is 1. The van der Waals surface area contributed by atoms with Crippen molar-refractivity contribution in [2.45, 2.75) is 83.7 Å². The molecule has 5 N–H and O–H groups in total. The number of ether oxygens (including phenoxy) is 3. The van der Waals surface area contributed by atoms with E-state index in [-0.39, 0.29) is 35.0 Å². The Labute approximate surface area is 309 Å². The van der Waals surface area contributed by atoms with Crippen molar-refractivity contribution in [2.75, 3.05) is 46.8 Å². The molecule has 1 heterocycles. The van der Waals surface area contributed by atoms with E-state index >= 15 is 0 Å². The molecule has 2 bridgehead atoms. The third-order valence-corrected chi connectivity index (χ3v) is 11.5. The highest BCUT2D eigenvalue weighted by Crippen LogP contribution is 2.49. The number of hydrogen-bond donors (Lipinski definition) is 5. The van der Waals surface area contributed by atoms with Gasteiger partial charge in [0.05, 0.1) is 12.8 Å². The molecule has 10 heteroatoms. The third-order valence-electron chi connectivity index (χ3n) is 11.5. The molecule has 5 atom stereocenters. The predicted molar refractivity (Wildman–Crippen MR) is 206 cm³/mol. The fraction of sp³-hybridized carbons (Fsp3) is 0.571. The number of phenols is 2. The Bertz CT molecular complexity index is 1680. The molecule has 52 heavy (non-hydrogen) atoms. The largest absolute Gasteiger partial charge is 0.504 e. The molecule has 0 amide bonds. The number of ketones is 1. The normalized spacial score (nSPS) is 27.7. The fourth-order valence-electron chi connectivity index (χ4n) is 8.53. The number of guanidine groups is 1. The third kappa shape index (κ3) is 9.05. The number of rotatable bonds is 11. The molecule has 2 aromatic rings. The Hall–Kier alpha value is -4.20. The summed E-state index contributed by atoms with van der Waals surface area (Å²) in [5, 5.41) is 31.7. The number of nitrogens with zero attached hydrogens (tertiary/aromatic N) is 1. The second kappa shape index (κ2) is 17.5. The van der Waals surface area contributed by atoms with Crippen LogP contribution in [0.4, 0.5) is 5.69 Å². The van der Waals surface area contributed by atoms with Gasteiger partial charge in [-0.2, -0.15) is 0 Å². The van der Waals surface area contributed by atoms with Crippen LogP contribution in [-0.4, -0.2) is 69.0 Å². The van der Waals surface area contributed by atoms with Gasteiger partial charge in [-0.05, 0) is 124 Å². The zero-order chi connectivity index (χ0) is 37.3. The number of methoxy groups -OCH3 is 2. The van der Waals surface area contributed by atoms with Crippen molar-refractivity contribution in [3.8, 4) is 35.0 Å². The second-order valence-electron chi connectivity index (χ2n) is 15.3. The zero-order valence-electron chi connectivity index (χ0n) is 31.8. The minimum atomic E-state index is -0.636. The first kappa shape index (κ1) is 39.0. The lowest BCUT2D eigenvalue weighted by Crippen LogP contribution is -2.42. The molecule has 0 radical (unpaired) electrons. The first-order valence-corrected chi connectivity index (χ1v) is 18.8. The standard InChI is InChI=1S/C42H58N4O6/c1-28(2)32-12-14-38(48)42(26-30-11-13-35(47)36(23-30)51-6)17-7-9-33(42)10-8-19-45-40(44-4)46-34-22-31(21-32)24-37(39(34)49)52-41(27-43-3)18-15-29(25-41)16-20-50-5/h11-14,22-24,28-29,32-33,43,47,49H,7,9-10,15-18,20-21,25-27H2,1-6H3,(H2,44,45,46)/b14-12+/t29-,32+,33-,41-,42+/m1/s1. The molecule has 2 aromatic carbocycles. The van der Waals surface area contributed by atoms with E-state index in [1.807, 2.05) is 37.4 Å². The summed E-state index contributed by atoms with van der Waals surface area (Å²) >= 11 is 0. The number of aromatic hydroxyl groups is 2. The monoisotopic (exact) mass is 714 g/mol. The van der Waals surface area contributed by atoms with Crippen LogP contribution in [0.2, 0.25) is 0 Å². The quantitative estimate of drug-likeness (QED) is 0.129. The fourth-order valence-corrected chi connectivity index (χ4v) is 8.53. The van der Waals surface area contributed by atoms with Gasteiger partial charge in [0, 0.05) is 45.2 Å². The molecule has 2 aliphatic carbocycles. The molecule has 0 spiro atoms. The van der Waals surface area contributed by atoms with E-state index in [0.29, 0.717) is 61.5 Å². The second-order valence-corrected chi connectivity index (χ2v) is 15.3. The summed E-state index contributed by atoms with van der Waals surface area (Å²) in [7, 11) is 6.87. The first-order chi connectivity index (χ1) is 25.0. The van der Waals surface area contributed by atoms with Gasteiger partial charge < -0.3 is 35.1 Å². The molecule has 0 saturated heterocycles. The maximum Gasteiger partial charge on any atom is 0.207 e. The number of hydrogen-bond acceptors (Lipinski definition) is 8. The maximum atomic E-state index is 14.5. The molecule has 3 aliphatic rings. The summed E-state index contributed by atoms with van der Waals surface area (Å²) < 4.78 is 17.6. The molecule has 2 fully saturated rings. The van der Waals surface area contributed by atoms with Gasteiger partial charge in [-0.1, -0.05) is 38.3 Å². The lowest BCUT2D eigenvalue weighted by molar-refractivity contribution is -0.125. The molecule has 2 saturated carbocycles. The molecule has 0 unspecified atom stereocenters. The number of benzene rings is 2. The van der Waals surface area contributed by atoms with E-state index < -0.39 is 11.0 Å². The van der Waals surface area contributed by atoms with Gasteiger partial charge in [0.15, 0.2) is 28.8 Å². The van der Waals surface area contributed by atoms with E-state index in [1.165, 1.54) is 7.11 Å². The molecular weight excluding hydrogens is 656 g/mol. The number of fused-ring (bicyclic) bond motifs is 3. The lowest BCUT2D eigenvalue weighted by atomic mass is 9.68. The minimum absolute atomic E-state index is 0.0185. The van der Waals surface area contributed by atoms with Crippen molar-refractivity contribution in [1.82, 2.24) is 10.6 Å². The van der Waals surface area contributed by atoms with Crippen LogP contribution in [0.1, 0.15) is 76.3 Å². The topological polar surface area (TPSA) is 134 Å². The van der Waals surface area contributed by atoms with Crippen molar-refractivity contribution in [3.05, 3.63) is 53.6 Å². The molecule has 10 nitrogen and oxygen atoms in total. The predicted octanol–water partition coefficient (Wildman–Crippen LogP) is 6.60. The van der Waals surface area contributed by atoms with E-state index in [2.05, 4.69) is 52.8 Å². The number of nitrogens with one attached hydrogen (secondary N) is 3. The highest BCUT2D eigenvalue weighted by molar-refractivity contribution is 5.97. The number of phenolic OH excluding ortho intramolecular Hbond substituents is 2. The Balaban J connectivity index is 1.53. The summed E-state index contributed by atoms with van der Waals surface area (Å²) in [6.45, 7) is 5.71. The van der Waals surface area contributed by atoms with E-state index in [9.17, 15) is 15.0 Å².